The van der Waals surface area contributed by atoms with Gasteiger partial charge in [0.25, 0.3) is 11.8 Å². The molecule has 2 aromatic heterocycles. The molecule has 1 saturated carbocycles. The number of fused-ring (bicyclic) bond motifs is 1. The van der Waals surface area contributed by atoms with Crippen LogP contribution in [0.3, 0.4) is 0 Å². The number of nitrogens with zero attached hydrogens (tertiary/aromatic N) is 3. The van der Waals surface area contributed by atoms with E-state index in [0.29, 0.717) is 36.2 Å². The van der Waals surface area contributed by atoms with Crippen molar-refractivity contribution >= 4 is 22.8 Å². The van der Waals surface area contributed by atoms with E-state index >= 15 is 0 Å². The fraction of sp³-hybridized carbons (Fsp3) is 0.440. The van der Waals surface area contributed by atoms with Crippen LogP contribution in [0.4, 0.5) is 0 Å². The summed E-state index contributed by atoms with van der Waals surface area (Å²) >= 11 is 0. The molecule has 7 nitrogen and oxygen atoms in total. The number of aryl methyl sites for hydroxylation is 1. The van der Waals surface area contributed by atoms with Crippen molar-refractivity contribution < 1.29 is 9.59 Å². The highest BCUT2D eigenvalue weighted by atomic mass is 16.2. The zero-order chi connectivity index (χ0) is 22.1. The van der Waals surface area contributed by atoms with Gasteiger partial charge >= 0.3 is 0 Å². The van der Waals surface area contributed by atoms with Crippen molar-refractivity contribution in [2.45, 2.75) is 57.4 Å². The number of hydrogen-bond donors (Lipinski definition) is 2. The number of nitrogens with one attached hydrogen (secondary N) is 2. The first-order valence-corrected chi connectivity index (χ1v) is 11.6. The molecule has 0 radical (unpaired) electrons. The second-order valence-electron chi connectivity index (χ2n) is 9.05. The van der Waals surface area contributed by atoms with E-state index in [9.17, 15) is 9.59 Å². The van der Waals surface area contributed by atoms with Gasteiger partial charge in [0.15, 0.2) is 0 Å². The number of benzene rings is 1. The fourth-order valence-corrected chi connectivity index (χ4v) is 4.95. The van der Waals surface area contributed by atoms with Crippen molar-refractivity contribution in [2.24, 2.45) is 0 Å². The highest BCUT2D eigenvalue weighted by Crippen LogP contribution is 2.28. The number of likely N-dealkylation sites (tertiary alicyclic amines) is 1. The molecule has 166 valence electrons. The minimum absolute atomic E-state index is 0.0270. The van der Waals surface area contributed by atoms with E-state index in [1.807, 2.05) is 42.2 Å². The monoisotopic (exact) mass is 431 g/mol. The molecule has 1 aromatic carbocycles. The van der Waals surface area contributed by atoms with Gasteiger partial charge in [-0.05, 0) is 62.9 Å². The number of pyridine rings is 1. The van der Waals surface area contributed by atoms with E-state index in [-0.39, 0.29) is 11.8 Å². The number of carbonyl (C=O) groups is 2. The largest absolute Gasteiger partial charge is 0.349 e. The van der Waals surface area contributed by atoms with Crippen molar-refractivity contribution in [1.82, 2.24) is 25.2 Å². The first-order valence-electron chi connectivity index (χ1n) is 11.6. The third kappa shape index (κ3) is 4.24. The smallest absolute Gasteiger partial charge is 0.253 e. The van der Waals surface area contributed by atoms with E-state index in [1.54, 1.807) is 6.20 Å². The zero-order valence-corrected chi connectivity index (χ0v) is 18.4. The zero-order valence-electron chi connectivity index (χ0n) is 18.4. The SMILES string of the molecule is Cc1nc2ccc(C(=O)N3CCC(c4ccc(C(=O)NC5CCCC5)cn4)CC3)cc2[nH]1. The molecule has 2 N–H and O–H groups in total. The van der Waals surface area contributed by atoms with Crippen LogP contribution in [0.5, 0.6) is 0 Å². The number of imidazole rings is 1. The molecule has 3 aromatic rings. The van der Waals surface area contributed by atoms with E-state index in [2.05, 4.69) is 20.3 Å². The Balaban J connectivity index is 1.18. The summed E-state index contributed by atoms with van der Waals surface area (Å²) in [6.07, 6.45) is 7.98. The van der Waals surface area contributed by atoms with Gasteiger partial charge < -0.3 is 15.2 Å². The molecule has 32 heavy (non-hydrogen) atoms. The second kappa shape index (κ2) is 8.73. The molecule has 1 aliphatic carbocycles. The van der Waals surface area contributed by atoms with E-state index < -0.39 is 0 Å². The summed E-state index contributed by atoms with van der Waals surface area (Å²) in [7, 11) is 0. The number of rotatable bonds is 4. The van der Waals surface area contributed by atoms with Crippen LogP contribution < -0.4 is 5.32 Å². The summed E-state index contributed by atoms with van der Waals surface area (Å²) < 4.78 is 0. The lowest BCUT2D eigenvalue weighted by molar-refractivity contribution is 0.0712. The molecule has 0 unspecified atom stereocenters. The predicted molar refractivity (Wildman–Crippen MR) is 123 cm³/mol. The number of hydrogen-bond acceptors (Lipinski definition) is 4. The molecule has 5 rings (SSSR count). The van der Waals surface area contributed by atoms with Crippen molar-refractivity contribution in [2.75, 3.05) is 13.1 Å². The van der Waals surface area contributed by atoms with Crippen LogP contribution in [0.15, 0.2) is 36.5 Å². The van der Waals surface area contributed by atoms with Gasteiger partial charge in [-0.1, -0.05) is 12.8 Å². The third-order valence-corrected chi connectivity index (χ3v) is 6.79. The Morgan fingerprint density at radius 1 is 1.03 bits per heavy atom. The molecule has 0 atom stereocenters. The van der Waals surface area contributed by atoms with Crippen LogP contribution in [0.2, 0.25) is 0 Å². The Morgan fingerprint density at radius 3 is 2.50 bits per heavy atom. The number of aromatic amines is 1. The Hall–Kier alpha value is -3.22. The molecule has 2 amide bonds. The average Bonchev–Trinajstić information content (AvgIpc) is 3.46. The van der Waals surface area contributed by atoms with Gasteiger partial charge in [-0.2, -0.15) is 0 Å². The van der Waals surface area contributed by atoms with Crippen LogP contribution in [-0.2, 0) is 0 Å². The van der Waals surface area contributed by atoms with Crippen molar-refractivity contribution in [3.05, 3.63) is 59.2 Å². The second-order valence-corrected chi connectivity index (χ2v) is 9.05. The van der Waals surface area contributed by atoms with Gasteiger partial charge in [-0.3, -0.25) is 14.6 Å². The van der Waals surface area contributed by atoms with Crippen LogP contribution in [-0.4, -0.2) is 50.8 Å². The summed E-state index contributed by atoms with van der Waals surface area (Å²) in [5.41, 5.74) is 4.09. The number of aromatic nitrogens is 3. The molecule has 0 spiro atoms. The van der Waals surface area contributed by atoms with E-state index in [0.717, 1.165) is 48.2 Å². The number of piperidine rings is 1. The summed E-state index contributed by atoms with van der Waals surface area (Å²) in [5, 5.41) is 3.11. The van der Waals surface area contributed by atoms with Crippen molar-refractivity contribution in [3.63, 3.8) is 0 Å². The summed E-state index contributed by atoms with van der Waals surface area (Å²) in [4.78, 5) is 39.5. The standard InChI is InChI=1S/C25H29N5O2/c1-16-27-22-9-6-18(14-23(22)28-16)25(32)30-12-10-17(11-13-30)21-8-7-19(15-26-21)24(31)29-20-4-2-3-5-20/h6-9,14-15,17,20H,2-5,10-13H2,1H3,(H,27,28)(H,29,31). The van der Waals surface area contributed by atoms with Crippen LogP contribution in [0.25, 0.3) is 11.0 Å². The number of carbonyl (C=O) groups excluding carboxylic acids is 2. The van der Waals surface area contributed by atoms with Gasteiger partial charge in [0.05, 0.1) is 16.6 Å². The maximum absolute atomic E-state index is 13.0. The molecule has 2 fully saturated rings. The lowest BCUT2D eigenvalue weighted by Crippen LogP contribution is -2.38. The predicted octanol–water partition coefficient (Wildman–Crippen LogP) is 3.96. The Morgan fingerprint density at radius 2 is 1.78 bits per heavy atom. The summed E-state index contributed by atoms with van der Waals surface area (Å²) in [6.45, 7) is 3.32. The van der Waals surface area contributed by atoms with Gasteiger partial charge in [0.1, 0.15) is 5.82 Å². The normalized spacial score (nSPS) is 17.7. The van der Waals surface area contributed by atoms with Crippen LogP contribution >= 0.6 is 0 Å². The topological polar surface area (TPSA) is 91.0 Å². The van der Waals surface area contributed by atoms with E-state index in [4.69, 9.17) is 0 Å². The first kappa shape index (κ1) is 20.7. The third-order valence-electron chi connectivity index (χ3n) is 6.79. The minimum Gasteiger partial charge on any atom is -0.349 e. The quantitative estimate of drug-likeness (QED) is 0.654. The first-order chi connectivity index (χ1) is 15.6. The lowest BCUT2D eigenvalue weighted by atomic mass is 9.92. The molecule has 1 aliphatic heterocycles. The fourth-order valence-electron chi connectivity index (χ4n) is 4.95. The van der Waals surface area contributed by atoms with Crippen LogP contribution in [0.1, 0.15) is 76.7 Å². The van der Waals surface area contributed by atoms with Gasteiger partial charge in [0, 0.05) is 42.5 Å². The average molecular weight is 432 g/mol. The maximum Gasteiger partial charge on any atom is 0.253 e. The maximum atomic E-state index is 13.0. The van der Waals surface area contributed by atoms with Gasteiger partial charge in [0.2, 0.25) is 0 Å². The molecule has 1 saturated heterocycles. The molecule has 3 heterocycles. The van der Waals surface area contributed by atoms with Crippen LogP contribution in [0, 0.1) is 6.92 Å². The van der Waals surface area contributed by atoms with Gasteiger partial charge in [-0.25, -0.2) is 4.98 Å². The summed E-state index contributed by atoms with van der Waals surface area (Å²) in [5.74, 6) is 1.19. The minimum atomic E-state index is -0.0270. The highest BCUT2D eigenvalue weighted by Gasteiger charge is 2.26. The number of amides is 2. The Bertz CT molecular complexity index is 1120. The van der Waals surface area contributed by atoms with Crippen molar-refractivity contribution in [1.29, 1.82) is 0 Å². The molecule has 2 aliphatic rings. The van der Waals surface area contributed by atoms with Gasteiger partial charge in [-0.15, -0.1) is 0 Å². The molecule has 7 heteroatoms. The van der Waals surface area contributed by atoms with Crippen molar-refractivity contribution in [3.8, 4) is 0 Å². The lowest BCUT2D eigenvalue weighted by Gasteiger charge is -2.32. The van der Waals surface area contributed by atoms with E-state index in [1.165, 1.54) is 12.8 Å². The number of H-pyrrole nitrogens is 1. The summed E-state index contributed by atoms with van der Waals surface area (Å²) in [6, 6.07) is 9.80. The molecular weight excluding hydrogens is 402 g/mol. The molecular formula is C25H29N5O2. The molecule has 0 bridgehead atoms. The Kier molecular flexibility index (Phi) is 5.64. The highest BCUT2D eigenvalue weighted by molar-refractivity contribution is 5.97. The Labute approximate surface area is 187 Å².